The summed E-state index contributed by atoms with van der Waals surface area (Å²) in [6.07, 6.45) is 2.81. The SMILES string of the molecule is CCC(C)N(Cc1cc(NC(=O)C2CC2)ccc1N(C)C)C(=O)c1cccc(C)c1. The van der Waals surface area contributed by atoms with E-state index in [-0.39, 0.29) is 23.8 Å². The van der Waals surface area contributed by atoms with Crippen molar-refractivity contribution in [3.63, 3.8) is 0 Å². The van der Waals surface area contributed by atoms with Gasteiger partial charge in [0.25, 0.3) is 5.91 Å². The molecule has 1 saturated carbocycles. The van der Waals surface area contributed by atoms with E-state index in [4.69, 9.17) is 0 Å². The van der Waals surface area contributed by atoms with Gasteiger partial charge in [0.05, 0.1) is 0 Å². The molecule has 0 radical (unpaired) electrons. The highest BCUT2D eigenvalue weighted by atomic mass is 16.2. The fourth-order valence-electron chi connectivity index (χ4n) is 3.59. The highest BCUT2D eigenvalue weighted by molar-refractivity contribution is 5.95. The summed E-state index contributed by atoms with van der Waals surface area (Å²) in [4.78, 5) is 29.6. The Morgan fingerprint density at radius 3 is 2.47 bits per heavy atom. The molecule has 0 bridgehead atoms. The van der Waals surface area contributed by atoms with E-state index in [0.29, 0.717) is 12.1 Å². The monoisotopic (exact) mass is 407 g/mol. The number of hydrogen-bond acceptors (Lipinski definition) is 3. The lowest BCUT2D eigenvalue weighted by atomic mass is 10.1. The van der Waals surface area contributed by atoms with Gasteiger partial charge in [-0.1, -0.05) is 24.6 Å². The number of hydrogen-bond donors (Lipinski definition) is 1. The zero-order valence-corrected chi connectivity index (χ0v) is 18.7. The minimum atomic E-state index is 0.0326. The number of anilines is 2. The van der Waals surface area contributed by atoms with Crippen molar-refractivity contribution < 1.29 is 9.59 Å². The van der Waals surface area contributed by atoms with Gasteiger partial charge in [0.15, 0.2) is 0 Å². The molecule has 1 unspecified atom stereocenters. The molecule has 30 heavy (non-hydrogen) atoms. The van der Waals surface area contributed by atoms with E-state index >= 15 is 0 Å². The summed E-state index contributed by atoms with van der Waals surface area (Å²) in [5.74, 6) is 0.278. The number of carbonyl (C=O) groups is 2. The first-order valence-electron chi connectivity index (χ1n) is 10.8. The molecule has 2 amide bonds. The van der Waals surface area contributed by atoms with Crippen LogP contribution >= 0.6 is 0 Å². The van der Waals surface area contributed by atoms with E-state index in [9.17, 15) is 9.59 Å². The van der Waals surface area contributed by atoms with Crippen LogP contribution in [0.5, 0.6) is 0 Å². The molecule has 3 rings (SSSR count). The van der Waals surface area contributed by atoms with Gasteiger partial charge in [-0.25, -0.2) is 0 Å². The van der Waals surface area contributed by atoms with Crippen molar-refractivity contribution >= 4 is 23.2 Å². The van der Waals surface area contributed by atoms with Crippen LogP contribution in [0.25, 0.3) is 0 Å². The molecule has 1 atom stereocenters. The van der Waals surface area contributed by atoms with Crippen LogP contribution in [0.4, 0.5) is 11.4 Å². The summed E-state index contributed by atoms with van der Waals surface area (Å²) >= 11 is 0. The number of rotatable bonds is 8. The van der Waals surface area contributed by atoms with Gasteiger partial charge in [-0.05, 0) is 69.0 Å². The van der Waals surface area contributed by atoms with Crippen molar-refractivity contribution in [2.24, 2.45) is 5.92 Å². The molecule has 0 heterocycles. The molecule has 1 fully saturated rings. The third-order valence-corrected chi connectivity index (χ3v) is 5.77. The summed E-state index contributed by atoms with van der Waals surface area (Å²) < 4.78 is 0. The Morgan fingerprint density at radius 1 is 1.13 bits per heavy atom. The summed E-state index contributed by atoms with van der Waals surface area (Å²) in [5, 5.41) is 3.03. The topological polar surface area (TPSA) is 52.7 Å². The fraction of sp³-hybridized carbons (Fsp3) is 0.440. The highest BCUT2D eigenvalue weighted by Gasteiger charge is 2.30. The second-order valence-corrected chi connectivity index (χ2v) is 8.56. The molecule has 1 N–H and O–H groups in total. The van der Waals surface area contributed by atoms with E-state index in [0.717, 1.165) is 41.8 Å². The summed E-state index contributed by atoms with van der Waals surface area (Å²) in [6, 6.07) is 13.8. The van der Waals surface area contributed by atoms with Crippen molar-refractivity contribution in [3.05, 3.63) is 59.2 Å². The predicted octanol–water partition coefficient (Wildman–Crippen LogP) is 4.85. The number of aryl methyl sites for hydroxylation is 1. The van der Waals surface area contributed by atoms with Crippen LogP contribution in [0, 0.1) is 12.8 Å². The van der Waals surface area contributed by atoms with Crippen LogP contribution in [0.3, 0.4) is 0 Å². The van der Waals surface area contributed by atoms with Crippen LogP contribution in [-0.2, 0) is 11.3 Å². The minimum absolute atomic E-state index is 0.0326. The van der Waals surface area contributed by atoms with Gasteiger partial charge in [-0.2, -0.15) is 0 Å². The maximum Gasteiger partial charge on any atom is 0.254 e. The first-order valence-corrected chi connectivity index (χ1v) is 10.8. The molecule has 160 valence electrons. The van der Waals surface area contributed by atoms with E-state index in [1.807, 2.05) is 73.3 Å². The normalized spacial score (nSPS) is 14.2. The van der Waals surface area contributed by atoms with Crippen molar-refractivity contribution in [2.75, 3.05) is 24.3 Å². The van der Waals surface area contributed by atoms with Crippen LogP contribution in [0.2, 0.25) is 0 Å². The third kappa shape index (κ3) is 5.21. The van der Waals surface area contributed by atoms with E-state index in [1.165, 1.54) is 0 Å². The van der Waals surface area contributed by atoms with Crippen LogP contribution in [0.15, 0.2) is 42.5 Å². The molecular formula is C25H33N3O2. The van der Waals surface area contributed by atoms with Crippen molar-refractivity contribution in [1.82, 2.24) is 4.90 Å². The predicted molar refractivity (Wildman–Crippen MR) is 123 cm³/mol. The maximum absolute atomic E-state index is 13.4. The second-order valence-electron chi connectivity index (χ2n) is 8.56. The average Bonchev–Trinajstić information content (AvgIpc) is 3.56. The van der Waals surface area contributed by atoms with Crippen molar-refractivity contribution in [1.29, 1.82) is 0 Å². The number of nitrogens with zero attached hydrogens (tertiary/aromatic N) is 2. The Morgan fingerprint density at radius 2 is 1.87 bits per heavy atom. The van der Waals surface area contributed by atoms with Gasteiger partial charge in [0, 0.05) is 49.5 Å². The molecule has 1 aliphatic carbocycles. The van der Waals surface area contributed by atoms with E-state index in [1.54, 1.807) is 0 Å². The first-order chi connectivity index (χ1) is 14.3. The van der Waals surface area contributed by atoms with Gasteiger partial charge >= 0.3 is 0 Å². The Kier molecular flexibility index (Phi) is 6.80. The molecule has 2 aromatic rings. The number of amides is 2. The Bertz CT molecular complexity index is 918. The molecule has 0 saturated heterocycles. The van der Waals surface area contributed by atoms with E-state index < -0.39 is 0 Å². The maximum atomic E-state index is 13.4. The molecule has 5 nitrogen and oxygen atoms in total. The Labute approximate surface area is 180 Å². The largest absolute Gasteiger partial charge is 0.377 e. The van der Waals surface area contributed by atoms with Crippen molar-refractivity contribution in [3.8, 4) is 0 Å². The van der Waals surface area contributed by atoms with Crippen LogP contribution in [-0.4, -0.2) is 36.9 Å². The highest BCUT2D eigenvalue weighted by Crippen LogP contribution is 2.31. The molecule has 0 spiro atoms. The lowest BCUT2D eigenvalue weighted by molar-refractivity contribution is -0.117. The third-order valence-electron chi connectivity index (χ3n) is 5.77. The average molecular weight is 408 g/mol. The molecule has 2 aromatic carbocycles. The summed E-state index contributed by atoms with van der Waals surface area (Å²) in [5.41, 5.74) is 4.64. The van der Waals surface area contributed by atoms with Crippen LogP contribution in [0.1, 0.15) is 54.6 Å². The molecular weight excluding hydrogens is 374 g/mol. The van der Waals surface area contributed by atoms with E-state index in [2.05, 4.69) is 19.2 Å². The summed E-state index contributed by atoms with van der Waals surface area (Å²) in [7, 11) is 3.99. The van der Waals surface area contributed by atoms with Gasteiger partial charge in [-0.3, -0.25) is 9.59 Å². The lowest BCUT2D eigenvalue weighted by Gasteiger charge is -2.31. The summed E-state index contributed by atoms with van der Waals surface area (Å²) in [6.45, 7) is 6.67. The molecule has 1 aliphatic rings. The number of benzene rings is 2. The Balaban J connectivity index is 1.91. The number of nitrogens with one attached hydrogen (secondary N) is 1. The van der Waals surface area contributed by atoms with Crippen molar-refractivity contribution in [2.45, 2.75) is 52.6 Å². The van der Waals surface area contributed by atoms with Gasteiger partial charge in [0.1, 0.15) is 0 Å². The zero-order chi connectivity index (χ0) is 21.8. The minimum Gasteiger partial charge on any atom is -0.377 e. The Hall–Kier alpha value is -2.82. The quantitative estimate of drug-likeness (QED) is 0.680. The smallest absolute Gasteiger partial charge is 0.254 e. The van der Waals surface area contributed by atoms with Gasteiger partial charge in [-0.15, -0.1) is 0 Å². The fourth-order valence-corrected chi connectivity index (χ4v) is 3.59. The standard InChI is InChI=1S/C25H33N3O2/c1-6-18(3)28(25(30)20-9-7-8-17(2)14-20)16-21-15-22(12-13-23(21)27(4)5)26-24(29)19-10-11-19/h7-9,12-15,18-19H,6,10-11,16H2,1-5H3,(H,26,29). The zero-order valence-electron chi connectivity index (χ0n) is 18.7. The molecule has 0 aromatic heterocycles. The van der Waals surface area contributed by atoms with Crippen LogP contribution < -0.4 is 10.2 Å². The van der Waals surface area contributed by atoms with Gasteiger partial charge in [0.2, 0.25) is 5.91 Å². The number of carbonyl (C=O) groups excluding carboxylic acids is 2. The second kappa shape index (κ2) is 9.33. The molecule has 5 heteroatoms. The molecule has 0 aliphatic heterocycles. The van der Waals surface area contributed by atoms with Gasteiger partial charge < -0.3 is 15.1 Å². The first kappa shape index (κ1) is 21.9. The lowest BCUT2D eigenvalue weighted by Crippen LogP contribution is -2.38.